The van der Waals surface area contributed by atoms with Crippen LogP contribution in [0.25, 0.3) is 0 Å². The minimum atomic E-state index is -0.752. The summed E-state index contributed by atoms with van der Waals surface area (Å²) in [6.45, 7) is 10.3. The van der Waals surface area contributed by atoms with Crippen molar-refractivity contribution in [2.24, 2.45) is 5.92 Å². The Bertz CT molecular complexity index is 446. The summed E-state index contributed by atoms with van der Waals surface area (Å²) in [6.07, 6.45) is 0.554. The molecular formula is C17H26O3. The van der Waals surface area contributed by atoms with Crippen LogP contribution in [0.4, 0.5) is 0 Å². The lowest BCUT2D eigenvalue weighted by molar-refractivity contribution is -0.141. The van der Waals surface area contributed by atoms with Crippen molar-refractivity contribution in [2.45, 2.75) is 52.9 Å². The first-order valence-electron chi connectivity index (χ1n) is 7.21. The van der Waals surface area contributed by atoms with Crippen molar-refractivity contribution >= 4 is 5.97 Å². The summed E-state index contributed by atoms with van der Waals surface area (Å²) in [6, 6.07) is 4.18. The standard InChI is InChI=1S/C17H26O3/c1-10(2)14-8-13(7-12(5)17(18)19)9-15(11(3)4)16(14)20-6/h8-12H,7H2,1-6H3,(H,18,19). The molecule has 0 amide bonds. The third-order valence-corrected chi connectivity index (χ3v) is 3.62. The first-order valence-corrected chi connectivity index (χ1v) is 7.21. The molecule has 0 aliphatic rings. The molecule has 0 saturated carbocycles. The number of rotatable bonds is 6. The lowest BCUT2D eigenvalue weighted by Gasteiger charge is -2.21. The first kappa shape index (κ1) is 16.5. The van der Waals surface area contributed by atoms with E-state index in [-0.39, 0.29) is 5.92 Å². The average molecular weight is 278 g/mol. The van der Waals surface area contributed by atoms with Gasteiger partial charge in [0.2, 0.25) is 0 Å². The Hall–Kier alpha value is -1.51. The van der Waals surface area contributed by atoms with Crippen LogP contribution in [0.3, 0.4) is 0 Å². The highest BCUT2D eigenvalue weighted by molar-refractivity contribution is 5.70. The molecule has 1 aromatic carbocycles. The number of benzene rings is 1. The van der Waals surface area contributed by atoms with Crippen LogP contribution in [-0.2, 0) is 11.2 Å². The molecule has 0 spiro atoms. The zero-order valence-electron chi connectivity index (χ0n) is 13.4. The summed E-state index contributed by atoms with van der Waals surface area (Å²) < 4.78 is 5.59. The maximum absolute atomic E-state index is 11.0. The molecule has 1 unspecified atom stereocenters. The van der Waals surface area contributed by atoms with Gasteiger partial charge in [0.1, 0.15) is 5.75 Å². The highest BCUT2D eigenvalue weighted by Gasteiger charge is 2.19. The smallest absolute Gasteiger partial charge is 0.306 e. The van der Waals surface area contributed by atoms with Gasteiger partial charge in [0.25, 0.3) is 0 Å². The Labute approximate surface area is 122 Å². The maximum atomic E-state index is 11.0. The second-order valence-corrected chi connectivity index (χ2v) is 6.06. The third-order valence-electron chi connectivity index (χ3n) is 3.62. The van der Waals surface area contributed by atoms with Gasteiger partial charge >= 0.3 is 5.97 Å². The van der Waals surface area contributed by atoms with Crippen molar-refractivity contribution in [3.05, 3.63) is 28.8 Å². The number of hydrogen-bond donors (Lipinski definition) is 1. The van der Waals surface area contributed by atoms with E-state index >= 15 is 0 Å². The monoisotopic (exact) mass is 278 g/mol. The summed E-state index contributed by atoms with van der Waals surface area (Å²) in [5.41, 5.74) is 3.39. The van der Waals surface area contributed by atoms with Gasteiger partial charge in [-0.1, -0.05) is 46.8 Å². The summed E-state index contributed by atoms with van der Waals surface area (Å²) in [5.74, 6) is 0.522. The number of carbonyl (C=O) groups is 1. The van der Waals surface area contributed by atoms with Crippen molar-refractivity contribution in [2.75, 3.05) is 7.11 Å². The van der Waals surface area contributed by atoms with Gasteiger partial charge in [-0.3, -0.25) is 4.79 Å². The third kappa shape index (κ3) is 3.75. The fourth-order valence-electron chi connectivity index (χ4n) is 2.39. The molecule has 20 heavy (non-hydrogen) atoms. The number of aliphatic carboxylic acids is 1. The van der Waals surface area contributed by atoms with Gasteiger partial charge in [-0.15, -0.1) is 0 Å². The van der Waals surface area contributed by atoms with Crippen molar-refractivity contribution in [1.82, 2.24) is 0 Å². The number of carboxylic acids is 1. The molecule has 0 saturated heterocycles. The minimum absolute atomic E-state index is 0.350. The van der Waals surface area contributed by atoms with Crippen LogP contribution in [0.15, 0.2) is 12.1 Å². The number of hydrogen-bond acceptors (Lipinski definition) is 2. The molecule has 0 aliphatic carbocycles. The average Bonchev–Trinajstić information content (AvgIpc) is 2.37. The zero-order valence-corrected chi connectivity index (χ0v) is 13.4. The molecule has 1 rings (SSSR count). The number of methoxy groups -OCH3 is 1. The lowest BCUT2D eigenvalue weighted by atomic mass is 9.89. The van der Waals surface area contributed by atoms with Crippen molar-refractivity contribution < 1.29 is 14.6 Å². The zero-order chi connectivity index (χ0) is 15.4. The van der Waals surface area contributed by atoms with E-state index in [2.05, 4.69) is 39.8 Å². The van der Waals surface area contributed by atoms with Crippen molar-refractivity contribution in [3.8, 4) is 5.75 Å². The molecule has 0 aromatic heterocycles. The molecule has 0 fully saturated rings. The highest BCUT2D eigenvalue weighted by atomic mass is 16.5. The minimum Gasteiger partial charge on any atom is -0.496 e. The van der Waals surface area contributed by atoms with Gasteiger partial charge in [-0.25, -0.2) is 0 Å². The molecule has 1 aromatic rings. The second-order valence-electron chi connectivity index (χ2n) is 6.06. The SMILES string of the molecule is COc1c(C(C)C)cc(CC(C)C(=O)O)cc1C(C)C. The Kier molecular flexibility index (Phi) is 5.61. The van der Waals surface area contributed by atoms with Gasteiger partial charge in [-0.2, -0.15) is 0 Å². The van der Waals surface area contributed by atoms with Crippen LogP contribution >= 0.6 is 0 Å². The van der Waals surface area contributed by atoms with Crippen LogP contribution in [0, 0.1) is 5.92 Å². The lowest BCUT2D eigenvalue weighted by Crippen LogP contribution is -2.13. The first-order chi connectivity index (χ1) is 9.27. The van der Waals surface area contributed by atoms with Gasteiger partial charge in [0.15, 0.2) is 0 Å². The molecule has 0 heterocycles. The van der Waals surface area contributed by atoms with Gasteiger partial charge in [0, 0.05) is 0 Å². The molecular weight excluding hydrogens is 252 g/mol. The van der Waals surface area contributed by atoms with Gasteiger partial charge in [-0.05, 0) is 34.9 Å². The van der Waals surface area contributed by atoms with E-state index in [9.17, 15) is 4.79 Å². The summed E-state index contributed by atoms with van der Waals surface area (Å²) >= 11 is 0. The molecule has 3 nitrogen and oxygen atoms in total. The van der Waals surface area contributed by atoms with Gasteiger partial charge < -0.3 is 9.84 Å². The van der Waals surface area contributed by atoms with Crippen LogP contribution in [0.5, 0.6) is 5.75 Å². The van der Waals surface area contributed by atoms with Crippen LogP contribution in [-0.4, -0.2) is 18.2 Å². The van der Waals surface area contributed by atoms with E-state index in [1.807, 2.05) is 0 Å². The van der Waals surface area contributed by atoms with E-state index in [4.69, 9.17) is 9.84 Å². The van der Waals surface area contributed by atoms with E-state index in [1.165, 1.54) is 0 Å². The summed E-state index contributed by atoms with van der Waals surface area (Å²) in [7, 11) is 1.70. The van der Waals surface area contributed by atoms with E-state index in [0.29, 0.717) is 18.3 Å². The van der Waals surface area contributed by atoms with E-state index in [1.54, 1.807) is 14.0 Å². The van der Waals surface area contributed by atoms with E-state index < -0.39 is 5.97 Å². The topological polar surface area (TPSA) is 46.5 Å². The molecule has 0 bridgehead atoms. The highest BCUT2D eigenvalue weighted by Crippen LogP contribution is 2.36. The van der Waals surface area contributed by atoms with Crippen LogP contribution < -0.4 is 4.74 Å². The van der Waals surface area contributed by atoms with E-state index in [0.717, 1.165) is 22.4 Å². The molecule has 1 N–H and O–H groups in total. The predicted molar refractivity (Wildman–Crippen MR) is 81.7 cm³/mol. The quantitative estimate of drug-likeness (QED) is 0.848. The van der Waals surface area contributed by atoms with Crippen molar-refractivity contribution in [3.63, 3.8) is 0 Å². The fraction of sp³-hybridized carbons (Fsp3) is 0.588. The van der Waals surface area contributed by atoms with Crippen LogP contribution in [0.2, 0.25) is 0 Å². The summed E-state index contributed by atoms with van der Waals surface area (Å²) in [4.78, 5) is 11.0. The Morgan fingerprint density at radius 2 is 1.55 bits per heavy atom. The predicted octanol–water partition coefficient (Wildman–Crippen LogP) is 4.21. The fourth-order valence-corrected chi connectivity index (χ4v) is 2.39. The number of ether oxygens (including phenoxy) is 1. The number of carboxylic acid groups (broad SMARTS) is 1. The molecule has 1 atom stereocenters. The molecule has 0 radical (unpaired) electrons. The normalized spacial score (nSPS) is 12.8. The summed E-state index contributed by atoms with van der Waals surface area (Å²) in [5, 5.41) is 9.08. The molecule has 112 valence electrons. The molecule has 3 heteroatoms. The maximum Gasteiger partial charge on any atom is 0.306 e. The van der Waals surface area contributed by atoms with Gasteiger partial charge in [0.05, 0.1) is 13.0 Å². The second kappa shape index (κ2) is 6.78. The largest absolute Gasteiger partial charge is 0.496 e. The van der Waals surface area contributed by atoms with Crippen LogP contribution in [0.1, 0.15) is 63.1 Å². The molecule has 0 aliphatic heterocycles. The Balaban J connectivity index is 3.30. The Morgan fingerprint density at radius 1 is 1.10 bits per heavy atom. The van der Waals surface area contributed by atoms with Crippen molar-refractivity contribution in [1.29, 1.82) is 0 Å². The Morgan fingerprint density at radius 3 is 1.85 bits per heavy atom.